The molecule has 1 amide bonds. The van der Waals surface area contributed by atoms with E-state index >= 15 is 0 Å². The number of amides is 1. The molecule has 20 nitrogen and oxygen atoms in total. The highest BCUT2D eigenvalue weighted by Gasteiger charge is 2.45. The van der Waals surface area contributed by atoms with E-state index in [1.54, 1.807) is 19.2 Å². The van der Waals surface area contributed by atoms with Crippen molar-refractivity contribution in [3.05, 3.63) is 73.3 Å². The summed E-state index contributed by atoms with van der Waals surface area (Å²) in [6, 6.07) is 12.9. The highest BCUT2D eigenvalue weighted by Crippen LogP contribution is 2.34. The van der Waals surface area contributed by atoms with Crippen LogP contribution in [0, 0.1) is 20.2 Å². The number of likely N-dealkylation sites (tertiary alicyclic amines) is 1. The zero-order chi connectivity index (χ0) is 42.0. The highest BCUT2D eigenvalue weighted by molar-refractivity contribution is 6.30. The summed E-state index contributed by atoms with van der Waals surface area (Å²) < 4.78 is 47.0. The molecule has 0 radical (unpaired) electrons. The van der Waals surface area contributed by atoms with Crippen molar-refractivity contribution in [2.45, 2.75) is 82.1 Å². The van der Waals surface area contributed by atoms with Crippen LogP contribution in [0.15, 0.2) is 42.5 Å². The third kappa shape index (κ3) is 14.9. The van der Waals surface area contributed by atoms with E-state index in [0.717, 1.165) is 30.0 Å². The maximum atomic E-state index is 13.4. The van der Waals surface area contributed by atoms with E-state index in [4.69, 9.17) is 49.5 Å². The Morgan fingerprint density at radius 2 is 1.53 bits per heavy atom. The van der Waals surface area contributed by atoms with Crippen molar-refractivity contribution in [3.63, 3.8) is 0 Å². The number of nitrogens with zero attached hydrogens (tertiary/aromatic N) is 4. The Balaban J connectivity index is 1.32. The summed E-state index contributed by atoms with van der Waals surface area (Å²) in [7, 11) is 1.67. The van der Waals surface area contributed by atoms with Crippen LogP contribution in [-0.2, 0) is 44.7 Å². The lowest BCUT2D eigenvalue weighted by Gasteiger charge is -2.43. The maximum Gasteiger partial charge on any atom is 0.508 e. The van der Waals surface area contributed by atoms with Crippen LogP contribution in [0.2, 0.25) is 5.02 Å². The maximum absolute atomic E-state index is 13.4. The molecular formula is C38H51ClN4O16. The third-order valence-electron chi connectivity index (χ3n) is 9.77. The number of rotatable bonds is 22. The van der Waals surface area contributed by atoms with Crippen LogP contribution in [-0.4, -0.2) is 131 Å². The van der Waals surface area contributed by atoms with Crippen molar-refractivity contribution in [1.82, 2.24) is 4.90 Å². The minimum Gasteiger partial charge on any atom is -0.490 e. The highest BCUT2D eigenvalue weighted by atomic mass is 35.5. The molecule has 5 rings (SSSR count). The van der Waals surface area contributed by atoms with E-state index in [0.29, 0.717) is 56.2 Å². The molecule has 2 fully saturated rings. The lowest BCUT2D eigenvalue weighted by molar-refractivity contribution is -0.757. The van der Waals surface area contributed by atoms with E-state index in [1.165, 1.54) is 4.90 Å². The molecular weight excluding hydrogens is 804 g/mol. The number of anilines is 1. The predicted molar refractivity (Wildman–Crippen MR) is 206 cm³/mol. The summed E-state index contributed by atoms with van der Waals surface area (Å²) >= 11 is 6.04. The molecule has 1 saturated carbocycles. The lowest BCUT2D eigenvalue weighted by atomic mass is 9.93. The van der Waals surface area contributed by atoms with Crippen molar-refractivity contribution in [2.75, 3.05) is 77.8 Å². The molecule has 326 valence electrons. The van der Waals surface area contributed by atoms with Crippen molar-refractivity contribution in [2.24, 2.45) is 0 Å². The summed E-state index contributed by atoms with van der Waals surface area (Å²) in [6.45, 7) is 1.62. The first-order valence-electron chi connectivity index (χ1n) is 19.6. The lowest BCUT2D eigenvalue weighted by Crippen LogP contribution is -2.60. The van der Waals surface area contributed by atoms with Gasteiger partial charge in [0, 0.05) is 38.1 Å². The summed E-state index contributed by atoms with van der Waals surface area (Å²) in [5, 5.41) is 19.8. The summed E-state index contributed by atoms with van der Waals surface area (Å²) in [5.74, 6) is 1.46. The molecule has 0 bridgehead atoms. The number of benzene rings is 2. The van der Waals surface area contributed by atoms with Crippen LogP contribution >= 0.6 is 11.6 Å². The van der Waals surface area contributed by atoms with Crippen LogP contribution in [0.4, 0.5) is 15.3 Å². The zero-order valence-electron chi connectivity index (χ0n) is 32.9. The summed E-state index contributed by atoms with van der Waals surface area (Å²) in [4.78, 5) is 59.6. The SMILES string of the molecule is COCCCN1CCOc2ccc(COC3CN(C(=O)OCCCO[N+](=O)[O-])CC(OC(=O)OCCCO[N+](=O)[O-])C3OC3CCC(Oc4ccc(Cl)cc4)CC3)cc21. The van der Waals surface area contributed by atoms with Gasteiger partial charge in [-0.3, -0.25) is 0 Å². The molecule has 2 heterocycles. The van der Waals surface area contributed by atoms with Gasteiger partial charge >= 0.3 is 12.2 Å². The number of halogens is 1. The molecule has 2 aliphatic heterocycles. The minimum atomic E-state index is -1.10. The van der Waals surface area contributed by atoms with Crippen molar-refractivity contribution < 1.29 is 67.3 Å². The fourth-order valence-corrected chi connectivity index (χ4v) is 7.08. The standard InChI is InChI=1S/C38H51ClN4O16/c1-50-17-2-15-40-16-22-51-33-14-5-27(23-32(33)40)26-54-34-24-41(37(44)52-18-3-20-55-42(46)47)25-35(59-38(45)53-19-4-21-56-43(48)49)36(34)58-31-12-10-30(11-13-31)57-29-8-6-28(39)7-9-29/h5-9,14,23,30-31,34-36H,2-4,10-13,15-22,24-26H2,1H3. The number of hydrogen-bond acceptors (Lipinski definition) is 17. The molecule has 0 aromatic heterocycles. The monoisotopic (exact) mass is 854 g/mol. The first kappa shape index (κ1) is 45.0. The Morgan fingerprint density at radius 1 is 0.847 bits per heavy atom. The predicted octanol–water partition coefficient (Wildman–Crippen LogP) is 5.41. The van der Waals surface area contributed by atoms with Gasteiger partial charge in [0.25, 0.3) is 10.2 Å². The van der Waals surface area contributed by atoms with Crippen LogP contribution in [0.25, 0.3) is 0 Å². The average molecular weight is 855 g/mol. The third-order valence-corrected chi connectivity index (χ3v) is 10.0. The van der Waals surface area contributed by atoms with E-state index in [1.807, 2.05) is 30.3 Å². The van der Waals surface area contributed by atoms with Crippen molar-refractivity contribution in [1.29, 1.82) is 0 Å². The number of carbonyl (C=O) groups excluding carboxylic acids is 2. The Kier molecular flexibility index (Phi) is 18.0. The molecule has 1 saturated heterocycles. The van der Waals surface area contributed by atoms with E-state index in [9.17, 15) is 29.8 Å². The molecule has 0 N–H and O–H groups in total. The number of fused-ring (bicyclic) bond motifs is 1. The fourth-order valence-electron chi connectivity index (χ4n) is 6.95. The molecule has 2 aromatic rings. The molecule has 3 aliphatic rings. The molecule has 1 aliphatic carbocycles. The molecule has 21 heteroatoms. The molecule has 59 heavy (non-hydrogen) atoms. The van der Waals surface area contributed by atoms with Gasteiger partial charge in [0.15, 0.2) is 6.10 Å². The van der Waals surface area contributed by atoms with Gasteiger partial charge in [-0.05, 0) is 74.1 Å². The number of piperidine rings is 1. The van der Waals surface area contributed by atoms with E-state index < -0.39 is 40.7 Å². The van der Waals surface area contributed by atoms with Crippen LogP contribution in [0.1, 0.15) is 50.5 Å². The number of hydrogen-bond donors (Lipinski definition) is 0. The van der Waals surface area contributed by atoms with Crippen molar-refractivity contribution in [3.8, 4) is 11.5 Å². The first-order valence-corrected chi connectivity index (χ1v) is 19.9. The first-order chi connectivity index (χ1) is 28.6. The quantitative estimate of drug-likeness (QED) is 0.0626. The summed E-state index contributed by atoms with van der Waals surface area (Å²) in [5.41, 5.74) is 1.74. The Bertz CT molecular complexity index is 1650. The van der Waals surface area contributed by atoms with Gasteiger partial charge in [-0.2, -0.15) is 0 Å². The van der Waals surface area contributed by atoms with Crippen LogP contribution < -0.4 is 14.4 Å². The van der Waals surface area contributed by atoms with Crippen LogP contribution in [0.3, 0.4) is 0 Å². The normalized spacial score (nSPS) is 21.4. The number of methoxy groups -OCH3 is 1. The molecule has 3 unspecified atom stereocenters. The van der Waals surface area contributed by atoms with Gasteiger partial charge in [0.05, 0.1) is 70.6 Å². The van der Waals surface area contributed by atoms with Gasteiger partial charge in [-0.1, -0.05) is 17.7 Å². The molecule has 3 atom stereocenters. The van der Waals surface area contributed by atoms with Crippen LogP contribution in [0.5, 0.6) is 11.5 Å². The second-order valence-corrected chi connectivity index (χ2v) is 14.4. The van der Waals surface area contributed by atoms with Gasteiger partial charge in [-0.15, -0.1) is 20.2 Å². The van der Waals surface area contributed by atoms with E-state index in [-0.39, 0.29) is 71.2 Å². The Labute approximate surface area is 345 Å². The topological polar surface area (TPSA) is 219 Å². The average Bonchev–Trinajstić information content (AvgIpc) is 3.22. The van der Waals surface area contributed by atoms with Gasteiger partial charge in [-0.25, -0.2) is 9.59 Å². The Morgan fingerprint density at radius 3 is 2.22 bits per heavy atom. The number of ether oxygens (including phenoxy) is 8. The number of carbonyl (C=O) groups is 2. The Hall–Kier alpha value is -5.05. The van der Waals surface area contributed by atoms with E-state index in [2.05, 4.69) is 14.6 Å². The second-order valence-electron chi connectivity index (χ2n) is 14.0. The largest absolute Gasteiger partial charge is 0.508 e. The zero-order valence-corrected chi connectivity index (χ0v) is 33.6. The van der Waals surface area contributed by atoms with Gasteiger partial charge < -0.3 is 57.4 Å². The fraction of sp³-hybridized carbons (Fsp3) is 0.632. The molecule has 0 spiro atoms. The molecule has 2 aromatic carbocycles. The summed E-state index contributed by atoms with van der Waals surface area (Å²) in [6.07, 6.45) is -1.47. The van der Waals surface area contributed by atoms with Gasteiger partial charge in [0.2, 0.25) is 0 Å². The second kappa shape index (κ2) is 23.5. The van der Waals surface area contributed by atoms with Crippen molar-refractivity contribution >= 4 is 29.5 Å². The van der Waals surface area contributed by atoms with Gasteiger partial charge in [0.1, 0.15) is 30.3 Å². The minimum absolute atomic E-state index is 0.00570. The smallest absolute Gasteiger partial charge is 0.490 e.